The SMILES string of the molecule is CCCNC(c1ccc2ncccc2c1)c1cscc1C. The number of nitrogens with one attached hydrogen (secondary N) is 1. The molecule has 3 aromatic rings. The van der Waals surface area contributed by atoms with E-state index >= 15 is 0 Å². The molecular formula is C18H20N2S. The van der Waals surface area contributed by atoms with Gasteiger partial charge in [-0.25, -0.2) is 0 Å². The molecule has 1 aromatic carbocycles. The van der Waals surface area contributed by atoms with Gasteiger partial charge in [0.2, 0.25) is 0 Å². The van der Waals surface area contributed by atoms with E-state index in [0.29, 0.717) is 0 Å². The van der Waals surface area contributed by atoms with Crippen LogP contribution in [0.25, 0.3) is 10.9 Å². The van der Waals surface area contributed by atoms with E-state index in [1.54, 1.807) is 11.3 Å². The molecule has 1 N–H and O–H groups in total. The normalized spacial score (nSPS) is 12.7. The number of hydrogen-bond donors (Lipinski definition) is 1. The average molecular weight is 296 g/mol. The molecule has 1 atom stereocenters. The molecule has 2 heterocycles. The van der Waals surface area contributed by atoms with Crippen molar-refractivity contribution in [2.45, 2.75) is 26.3 Å². The first-order chi connectivity index (χ1) is 10.3. The molecule has 0 spiro atoms. The minimum Gasteiger partial charge on any atom is -0.306 e. The van der Waals surface area contributed by atoms with Crippen LogP contribution in [0.1, 0.15) is 36.1 Å². The van der Waals surface area contributed by atoms with Crippen LogP contribution in [0.15, 0.2) is 47.3 Å². The van der Waals surface area contributed by atoms with Crippen molar-refractivity contribution in [1.82, 2.24) is 10.3 Å². The van der Waals surface area contributed by atoms with Crippen molar-refractivity contribution in [3.05, 3.63) is 64.0 Å². The molecule has 0 radical (unpaired) electrons. The first-order valence-electron chi connectivity index (χ1n) is 7.40. The molecule has 1 unspecified atom stereocenters. The van der Waals surface area contributed by atoms with Crippen LogP contribution in [0.3, 0.4) is 0 Å². The van der Waals surface area contributed by atoms with Crippen LogP contribution in [-0.2, 0) is 0 Å². The van der Waals surface area contributed by atoms with Gasteiger partial charge < -0.3 is 5.32 Å². The molecule has 21 heavy (non-hydrogen) atoms. The number of rotatable bonds is 5. The largest absolute Gasteiger partial charge is 0.306 e. The summed E-state index contributed by atoms with van der Waals surface area (Å²) in [6, 6.07) is 11.0. The number of pyridine rings is 1. The molecule has 0 fully saturated rings. The minimum absolute atomic E-state index is 0.265. The van der Waals surface area contributed by atoms with Crippen molar-refractivity contribution in [2.75, 3.05) is 6.54 Å². The Morgan fingerprint density at radius 2 is 2.14 bits per heavy atom. The topological polar surface area (TPSA) is 24.9 Å². The molecule has 0 aliphatic heterocycles. The third kappa shape index (κ3) is 2.99. The van der Waals surface area contributed by atoms with Crippen molar-refractivity contribution >= 4 is 22.2 Å². The van der Waals surface area contributed by atoms with Crippen LogP contribution < -0.4 is 5.32 Å². The van der Waals surface area contributed by atoms with Gasteiger partial charge in [0.25, 0.3) is 0 Å². The second-order valence-electron chi connectivity index (χ2n) is 5.35. The Bertz CT molecular complexity index is 733. The van der Waals surface area contributed by atoms with Gasteiger partial charge in [-0.1, -0.05) is 19.1 Å². The van der Waals surface area contributed by atoms with Gasteiger partial charge in [0.05, 0.1) is 11.6 Å². The summed E-state index contributed by atoms with van der Waals surface area (Å²) in [5, 5.41) is 9.36. The van der Waals surface area contributed by atoms with Crippen LogP contribution in [0, 0.1) is 6.92 Å². The first kappa shape index (κ1) is 14.2. The third-order valence-corrected chi connectivity index (χ3v) is 4.64. The van der Waals surface area contributed by atoms with Crippen molar-refractivity contribution in [2.24, 2.45) is 0 Å². The predicted octanol–water partition coefficient (Wildman–Crippen LogP) is 4.69. The van der Waals surface area contributed by atoms with Crippen LogP contribution in [-0.4, -0.2) is 11.5 Å². The van der Waals surface area contributed by atoms with Gasteiger partial charge in [0.15, 0.2) is 0 Å². The highest BCUT2D eigenvalue weighted by atomic mass is 32.1. The Balaban J connectivity index is 2.03. The zero-order chi connectivity index (χ0) is 14.7. The fourth-order valence-electron chi connectivity index (χ4n) is 2.64. The van der Waals surface area contributed by atoms with E-state index < -0.39 is 0 Å². The third-order valence-electron chi connectivity index (χ3n) is 3.77. The number of aromatic nitrogens is 1. The standard InChI is InChI=1S/C18H20N2S/c1-3-8-20-18(16-12-21-11-13(16)2)15-6-7-17-14(10-15)5-4-9-19-17/h4-7,9-12,18,20H,3,8H2,1-2H3. The van der Waals surface area contributed by atoms with E-state index in [1.165, 1.54) is 22.1 Å². The molecule has 0 amide bonds. The zero-order valence-electron chi connectivity index (χ0n) is 12.5. The van der Waals surface area contributed by atoms with Crippen molar-refractivity contribution in [3.63, 3.8) is 0 Å². The van der Waals surface area contributed by atoms with Gasteiger partial charge in [-0.15, -0.1) is 0 Å². The molecule has 0 aliphatic carbocycles. The van der Waals surface area contributed by atoms with Gasteiger partial charge >= 0.3 is 0 Å². The fourth-order valence-corrected chi connectivity index (χ4v) is 3.51. The van der Waals surface area contributed by atoms with Crippen LogP contribution in [0.5, 0.6) is 0 Å². The van der Waals surface area contributed by atoms with E-state index in [0.717, 1.165) is 18.5 Å². The maximum Gasteiger partial charge on any atom is 0.0702 e. The number of nitrogens with zero attached hydrogens (tertiary/aromatic N) is 1. The lowest BCUT2D eigenvalue weighted by Crippen LogP contribution is -2.23. The minimum atomic E-state index is 0.265. The molecule has 0 bridgehead atoms. The lowest BCUT2D eigenvalue weighted by molar-refractivity contribution is 0.598. The van der Waals surface area contributed by atoms with Crippen LogP contribution in [0.4, 0.5) is 0 Å². The zero-order valence-corrected chi connectivity index (χ0v) is 13.3. The highest BCUT2D eigenvalue weighted by Crippen LogP contribution is 2.29. The van der Waals surface area contributed by atoms with E-state index in [9.17, 15) is 0 Å². The molecule has 3 heteroatoms. The number of benzene rings is 1. The Hall–Kier alpha value is -1.71. The maximum absolute atomic E-state index is 4.41. The number of fused-ring (bicyclic) bond motifs is 1. The van der Waals surface area contributed by atoms with E-state index in [-0.39, 0.29) is 6.04 Å². The van der Waals surface area contributed by atoms with Gasteiger partial charge in [-0.2, -0.15) is 11.3 Å². The molecule has 3 rings (SSSR count). The summed E-state index contributed by atoms with van der Waals surface area (Å²) >= 11 is 1.77. The van der Waals surface area contributed by atoms with Crippen molar-refractivity contribution in [3.8, 4) is 0 Å². The molecule has 0 saturated carbocycles. The second-order valence-corrected chi connectivity index (χ2v) is 6.10. The van der Waals surface area contributed by atoms with E-state index in [4.69, 9.17) is 0 Å². The van der Waals surface area contributed by atoms with Crippen molar-refractivity contribution in [1.29, 1.82) is 0 Å². The summed E-state index contributed by atoms with van der Waals surface area (Å²) in [5.74, 6) is 0. The van der Waals surface area contributed by atoms with Crippen molar-refractivity contribution < 1.29 is 0 Å². The maximum atomic E-state index is 4.41. The Morgan fingerprint density at radius 1 is 1.24 bits per heavy atom. The van der Waals surface area contributed by atoms with Gasteiger partial charge in [0.1, 0.15) is 0 Å². The number of aryl methyl sites for hydroxylation is 1. The number of hydrogen-bond acceptors (Lipinski definition) is 3. The molecule has 0 saturated heterocycles. The van der Waals surface area contributed by atoms with E-state index in [2.05, 4.69) is 59.2 Å². The summed E-state index contributed by atoms with van der Waals surface area (Å²) in [6.45, 7) is 5.41. The second kappa shape index (κ2) is 6.37. The number of thiophene rings is 1. The summed E-state index contributed by atoms with van der Waals surface area (Å²) in [7, 11) is 0. The highest BCUT2D eigenvalue weighted by molar-refractivity contribution is 7.08. The summed E-state index contributed by atoms with van der Waals surface area (Å²) in [4.78, 5) is 4.41. The van der Waals surface area contributed by atoms with E-state index in [1.807, 2.05) is 12.3 Å². The average Bonchev–Trinajstić information content (AvgIpc) is 2.94. The van der Waals surface area contributed by atoms with Gasteiger partial charge in [-0.05, 0) is 65.5 Å². The summed E-state index contributed by atoms with van der Waals surface area (Å²) < 4.78 is 0. The Morgan fingerprint density at radius 3 is 2.90 bits per heavy atom. The van der Waals surface area contributed by atoms with Gasteiger partial charge in [0, 0.05) is 11.6 Å². The fraction of sp³-hybridized carbons (Fsp3) is 0.278. The molecule has 0 aliphatic rings. The smallest absolute Gasteiger partial charge is 0.0702 e. The predicted molar refractivity (Wildman–Crippen MR) is 90.9 cm³/mol. The Kier molecular flexibility index (Phi) is 4.32. The molecule has 2 nitrogen and oxygen atoms in total. The highest BCUT2D eigenvalue weighted by Gasteiger charge is 2.16. The molecule has 2 aromatic heterocycles. The van der Waals surface area contributed by atoms with Crippen LogP contribution >= 0.6 is 11.3 Å². The van der Waals surface area contributed by atoms with Crippen LogP contribution in [0.2, 0.25) is 0 Å². The van der Waals surface area contributed by atoms with Gasteiger partial charge in [-0.3, -0.25) is 4.98 Å². The quantitative estimate of drug-likeness (QED) is 0.738. The lowest BCUT2D eigenvalue weighted by Gasteiger charge is -2.20. The monoisotopic (exact) mass is 296 g/mol. The summed E-state index contributed by atoms with van der Waals surface area (Å²) in [6.07, 6.45) is 2.98. The molecule has 108 valence electrons. The summed E-state index contributed by atoms with van der Waals surface area (Å²) in [5.41, 5.74) is 5.11. The molecular weight excluding hydrogens is 276 g/mol. The lowest BCUT2D eigenvalue weighted by atomic mass is 9.97. The Labute approximate surface area is 129 Å². The first-order valence-corrected chi connectivity index (χ1v) is 8.34.